The van der Waals surface area contributed by atoms with Crippen LogP contribution >= 0.6 is 0 Å². The second-order valence-electron chi connectivity index (χ2n) is 12.7. The summed E-state index contributed by atoms with van der Waals surface area (Å²) in [5.41, 5.74) is 7.07. The van der Waals surface area contributed by atoms with Crippen LogP contribution in [0, 0.1) is 12.1 Å². The van der Waals surface area contributed by atoms with E-state index in [0.717, 1.165) is 77.2 Å². The van der Waals surface area contributed by atoms with Crippen molar-refractivity contribution < 1.29 is 38.8 Å². The summed E-state index contributed by atoms with van der Waals surface area (Å²) in [5, 5.41) is 17.3. The predicted molar refractivity (Wildman–Crippen MR) is 218 cm³/mol. The quantitative estimate of drug-likeness (QED) is 0.176. The maximum Gasteiger partial charge on any atom is 0.354 e. The molecule has 5 aromatic heterocycles. The molecule has 0 atom stereocenters. The number of carboxylic acids is 1. The number of fused-ring (bicyclic) bond motifs is 8. The van der Waals surface area contributed by atoms with Gasteiger partial charge in [-0.1, -0.05) is 101 Å². The minimum Gasteiger partial charge on any atom is -0.477 e. The van der Waals surface area contributed by atoms with Crippen molar-refractivity contribution in [3.05, 3.63) is 188 Å². The van der Waals surface area contributed by atoms with Gasteiger partial charge in [0.25, 0.3) is 0 Å². The van der Waals surface area contributed by atoms with Gasteiger partial charge in [0, 0.05) is 71.6 Å². The maximum atomic E-state index is 10.1. The van der Waals surface area contributed by atoms with Gasteiger partial charge in [0.15, 0.2) is 0 Å². The molecule has 1 radical (unpaired) electrons. The Morgan fingerprint density at radius 1 is 0.464 bits per heavy atom. The van der Waals surface area contributed by atoms with Gasteiger partial charge in [-0.2, -0.15) is 0 Å². The zero-order chi connectivity index (χ0) is 37.1. The topological polar surface area (TPSA) is 102 Å². The number of hydrogen-bond donors (Lipinski definition) is 1. The number of nitrogens with zero attached hydrogens (tertiary/aromatic N) is 3. The second-order valence-corrected chi connectivity index (χ2v) is 12.7. The van der Waals surface area contributed by atoms with Gasteiger partial charge in [-0.05, 0) is 36.4 Å². The molecule has 11 rings (SSSR count). The Labute approximate surface area is 334 Å². The Hall–Kier alpha value is -6.99. The number of benzene rings is 6. The summed E-state index contributed by atoms with van der Waals surface area (Å²) >= 11 is 0. The number of carboxylic acid groups (broad SMARTS) is 1. The molecule has 56 heavy (non-hydrogen) atoms. The molecule has 8 heteroatoms. The van der Waals surface area contributed by atoms with E-state index in [1.54, 1.807) is 12.1 Å². The Morgan fingerprint density at radius 3 is 1.39 bits per heavy atom. The van der Waals surface area contributed by atoms with Crippen molar-refractivity contribution in [2.24, 2.45) is 0 Å². The molecule has 0 saturated heterocycles. The first-order valence-corrected chi connectivity index (χ1v) is 17.6. The van der Waals surface area contributed by atoms with Crippen LogP contribution in [0.1, 0.15) is 10.5 Å². The summed E-state index contributed by atoms with van der Waals surface area (Å²) in [5.74, 6) is -0.990. The number of aromatic carboxylic acids is 1. The normalized spacial score (nSPS) is 10.9. The SMILES string of the molecule is O=C(O)c1ccccn1.[Ir].[c-]1c(-c2nccc3c2oc2ccccc23)ccc2ccccc12.[c-]1c(-c2nccc3c2oc2ccccc23)ccc2ccccc12. The Bertz CT molecular complexity index is 2970. The van der Waals surface area contributed by atoms with E-state index in [1.807, 2.05) is 85.2 Å². The van der Waals surface area contributed by atoms with Crippen LogP contribution in [0.4, 0.5) is 0 Å². The number of furan rings is 2. The fourth-order valence-electron chi connectivity index (χ4n) is 6.68. The summed E-state index contributed by atoms with van der Waals surface area (Å²) in [7, 11) is 0. The standard InChI is InChI=1S/2C21H12NO.C6H5NO2.Ir/c2*1-2-6-15-13-16(10-9-14(15)5-1)20-21-18(11-12-22-20)17-7-3-4-8-19(17)23-21;8-6(9)5-3-1-2-4-7-5;/h2*1-12H;1-4H,(H,8,9);/q2*-1;;. The zero-order valence-corrected chi connectivity index (χ0v) is 31.9. The minimum atomic E-state index is -0.990. The molecule has 6 aromatic carbocycles. The zero-order valence-electron chi connectivity index (χ0n) is 29.5. The number of carbonyl (C=O) groups is 1. The Morgan fingerprint density at radius 2 is 0.929 bits per heavy atom. The molecule has 0 aliphatic carbocycles. The van der Waals surface area contributed by atoms with Crippen LogP contribution in [-0.4, -0.2) is 26.0 Å². The Kier molecular flexibility index (Phi) is 10.1. The summed E-state index contributed by atoms with van der Waals surface area (Å²) in [6.45, 7) is 0. The number of hydrogen-bond acceptors (Lipinski definition) is 6. The summed E-state index contributed by atoms with van der Waals surface area (Å²) in [6, 6.07) is 56.6. The molecule has 0 bridgehead atoms. The largest absolute Gasteiger partial charge is 0.477 e. The number of rotatable bonds is 3. The van der Waals surface area contributed by atoms with Crippen molar-refractivity contribution in [3.8, 4) is 22.5 Å². The average molecular weight is 904 g/mol. The van der Waals surface area contributed by atoms with E-state index in [1.165, 1.54) is 23.0 Å². The average Bonchev–Trinajstić information content (AvgIpc) is 3.83. The van der Waals surface area contributed by atoms with Crippen molar-refractivity contribution in [2.75, 3.05) is 0 Å². The first-order valence-electron chi connectivity index (χ1n) is 17.6. The molecule has 0 aliphatic rings. The van der Waals surface area contributed by atoms with Gasteiger partial charge in [0.05, 0.1) is 0 Å². The van der Waals surface area contributed by atoms with E-state index < -0.39 is 5.97 Å². The van der Waals surface area contributed by atoms with E-state index >= 15 is 0 Å². The molecule has 7 nitrogen and oxygen atoms in total. The van der Waals surface area contributed by atoms with Crippen LogP contribution in [0.25, 0.3) is 87.9 Å². The van der Waals surface area contributed by atoms with Crippen molar-refractivity contribution in [3.63, 3.8) is 0 Å². The van der Waals surface area contributed by atoms with Crippen LogP contribution in [0.3, 0.4) is 0 Å². The minimum absolute atomic E-state index is 0. The van der Waals surface area contributed by atoms with Gasteiger partial charge >= 0.3 is 5.97 Å². The molecule has 0 spiro atoms. The molecule has 0 saturated carbocycles. The third-order valence-corrected chi connectivity index (χ3v) is 9.30. The summed E-state index contributed by atoms with van der Waals surface area (Å²) < 4.78 is 12.1. The molecule has 0 aliphatic heterocycles. The van der Waals surface area contributed by atoms with Crippen LogP contribution < -0.4 is 0 Å². The van der Waals surface area contributed by atoms with Crippen molar-refractivity contribution in [1.82, 2.24) is 15.0 Å². The van der Waals surface area contributed by atoms with E-state index in [2.05, 4.69) is 87.7 Å². The molecular weight excluding hydrogens is 875 g/mol. The van der Waals surface area contributed by atoms with Crippen LogP contribution in [0.5, 0.6) is 0 Å². The number of pyridine rings is 3. The Balaban J connectivity index is 0.000000128. The van der Waals surface area contributed by atoms with Crippen molar-refractivity contribution in [1.29, 1.82) is 0 Å². The van der Waals surface area contributed by atoms with Crippen molar-refractivity contribution in [2.45, 2.75) is 0 Å². The van der Waals surface area contributed by atoms with Gasteiger partial charge in [0.2, 0.25) is 0 Å². The second kappa shape index (κ2) is 15.8. The number of aromatic nitrogens is 3. The summed E-state index contributed by atoms with van der Waals surface area (Å²) in [6.07, 6.45) is 5.12. The molecule has 0 amide bonds. The molecule has 0 fully saturated rings. The van der Waals surface area contributed by atoms with E-state index in [0.29, 0.717) is 0 Å². The van der Waals surface area contributed by atoms with Gasteiger partial charge in [-0.15, -0.1) is 59.3 Å². The third-order valence-electron chi connectivity index (χ3n) is 9.30. The molecule has 271 valence electrons. The van der Waals surface area contributed by atoms with Gasteiger partial charge in [-0.25, -0.2) is 9.78 Å². The molecular formula is C48H29IrN3O4-2. The van der Waals surface area contributed by atoms with Crippen LogP contribution in [0.2, 0.25) is 0 Å². The molecule has 1 N–H and O–H groups in total. The first kappa shape index (κ1) is 36.0. The van der Waals surface area contributed by atoms with Gasteiger partial charge in [-0.3, -0.25) is 9.97 Å². The van der Waals surface area contributed by atoms with E-state index in [9.17, 15) is 4.79 Å². The summed E-state index contributed by atoms with van der Waals surface area (Å²) in [4.78, 5) is 22.8. The van der Waals surface area contributed by atoms with Crippen LogP contribution in [-0.2, 0) is 20.1 Å². The van der Waals surface area contributed by atoms with Crippen LogP contribution in [0.15, 0.2) is 179 Å². The maximum absolute atomic E-state index is 10.1. The third kappa shape index (κ3) is 7.03. The van der Waals surface area contributed by atoms with E-state index in [4.69, 9.17) is 13.9 Å². The molecule has 5 heterocycles. The molecule has 0 unspecified atom stereocenters. The first-order chi connectivity index (χ1) is 27.1. The number of para-hydroxylation sites is 2. The smallest absolute Gasteiger partial charge is 0.354 e. The monoisotopic (exact) mass is 904 g/mol. The predicted octanol–water partition coefficient (Wildman–Crippen LogP) is 12.0. The fourth-order valence-corrected chi connectivity index (χ4v) is 6.68. The fraction of sp³-hybridized carbons (Fsp3) is 0. The van der Waals surface area contributed by atoms with Crippen molar-refractivity contribution >= 4 is 71.4 Å². The van der Waals surface area contributed by atoms with Gasteiger partial charge in [0.1, 0.15) is 28.0 Å². The molecule has 11 aromatic rings. The van der Waals surface area contributed by atoms with E-state index in [-0.39, 0.29) is 25.8 Å². The van der Waals surface area contributed by atoms with Gasteiger partial charge < -0.3 is 13.9 Å².